The lowest BCUT2D eigenvalue weighted by molar-refractivity contribution is -0.265. The molecular formula is C35H44N2O10. The Labute approximate surface area is 272 Å². The minimum atomic E-state index is -2.61. The molecule has 3 aliphatic rings. The van der Waals surface area contributed by atoms with Crippen molar-refractivity contribution >= 4 is 23.6 Å². The first kappa shape index (κ1) is 34.3. The van der Waals surface area contributed by atoms with Crippen molar-refractivity contribution in [2.24, 2.45) is 40.2 Å². The van der Waals surface area contributed by atoms with E-state index in [-0.39, 0.29) is 53.8 Å². The van der Waals surface area contributed by atoms with Gasteiger partial charge in [0.25, 0.3) is 0 Å². The van der Waals surface area contributed by atoms with Gasteiger partial charge in [-0.25, -0.2) is 4.79 Å². The van der Waals surface area contributed by atoms with Crippen LogP contribution in [0.25, 0.3) is 0 Å². The molecule has 254 valence electrons. The third kappa shape index (κ3) is 5.08. The van der Waals surface area contributed by atoms with Crippen molar-refractivity contribution in [1.29, 1.82) is 0 Å². The highest BCUT2D eigenvalue weighted by molar-refractivity contribution is 6.09. The fraction of sp³-hybridized carbons (Fsp3) is 0.543. The number of primary amides is 1. The monoisotopic (exact) mass is 652 g/mol. The summed E-state index contributed by atoms with van der Waals surface area (Å²) in [5, 5.41) is 59.2. The molecule has 8 atom stereocenters. The third-order valence-corrected chi connectivity index (χ3v) is 11.0. The molecule has 2 saturated carbocycles. The lowest BCUT2D eigenvalue weighted by atomic mass is 9.39. The van der Waals surface area contributed by atoms with Gasteiger partial charge >= 0.3 is 6.09 Å². The van der Waals surface area contributed by atoms with E-state index in [1.165, 1.54) is 24.3 Å². The molecule has 8 N–H and O–H groups in total. The number of hydrogen-bond donors (Lipinski definition) is 7. The lowest BCUT2D eigenvalue weighted by Crippen LogP contribution is -2.79. The SMILES string of the molecule is CC(C)c1cc(CNC(=O)Oc2ccc(O)cc2)c(O)c2c1C[C@]1(C)C[C@]3(C)[C@@H](C(C)C)C(O)[C@@H](C(N)=O)C(=O)[C@]3(O)C(O)[C@H]1C2=O. The molecule has 2 aromatic rings. The Morgan fingerprint density at radius 1 is 1.06 bits per heavy atom. The molecule has 12 nitrogen and oxygen atoms in total. The molecule has 12 heteroatoms. The van der Waals surface area contributed by atoms with E-state index in [1.54, 1.807) is 33.8 Å². The van der Waals surface area contributed by atoms with Gasteiger partial charge in [-0.1, -0.05) is 41.5 Å². The summed E-state index contributed by atoms with van der Waals surface area (Å²) in [7, 11) is 0. The number of rotatable bonds is 6. The molecule has 0 aliphatic heterocycles. The van der Waals surface area contributed by atoms with E-state index in [1.807, 2.05) is 13.8 Å². The number of amides is 2. The first-order valence-corrected chi connectivity index (χ1v) is 15.9. The zero-order valence-electron chi connectivity index (χ0n) is 27.4. The van der Waals surface area contributed by atoms with Crippen LogP contribution in [0.3, 0.4) is 0 Å². The van der Waals surface area contributed by atoms with E-state index < -0.39 is 75.7 Å². The van der Waals surface area contributed by atoms with Crippen LogP contribution in [-0.4, -0.2) is 66.9 Å². The maximum absolute atomic E-state index is 14.5. The summed E-state index contributed by atoms with van der Waals surface area (Å²) in [6.07, 6.45) is -4.09. The van der Waals surface area contributed by atoms with Crippen molar-refractivity contribution in [3.8, 4) is 17.2 Å². The number of carbonyl (C=O) groups is 4. The first-order valence-electron chi connectivity index (χ1n) is 15.9. The number of aromatic hydroxyl groups is 2. The summed E-state index contributed by atoms with van der Waals surface area (Å²) < 4.78 is 5.23. The van der Waals surface area contributed by atoms with Crippen molar-refractivity contribution in [2.45, 2.75) is 84.7 Å². The molecule has 47 heavy (non-hydrogen) atoms. The summed E-state index contributed by atoms with van der Waals surface area (Å²) in [4.78, 5) is 53.4. The molecule has 2 aromatic carbocycles. The van der Waals surface area contributed by atoms with E-state index in [9.17, 15) is 44.7 Å². The predicted molar refractivity (Wildman–Crippen MR) is 169 cm³/mol. The largest absolute Gasteiger partial charge is 0.508 e. The van der Waals surface area contributed by atoms with Crippen LogP contribution in [0, 0.1) is 34.5 Å². The average Bonchev–Trinajstić information content (AvgIpc) is 2.95. The van der Waals surface area contributed by atoms with E-state index >= 15 is 0 Å². The van der Waals surface area contributed by atoms with Crippen molar-refractivity contribution < 1.29 is 49.4 Å². The molecule has 5 rings (SSSR count). The normalized spacial score (nSPS) is 33.2. The number of ketones is 2. The summed E-state index contributed by atoms with van der Waals surface area (Å²) >= 11 is 0. The van der Waals surface area contributed by atoms with Gasteiger partial charge < -0.3 is 41.3 Å². The van der Waals surface area contributed by atoms with Gasteiger partial charge in [-0.3, -0.25) is 14.4 Å². The average molecular weight is 653 g/mol. The smallest absolute Gasteiger partial charge is 0.412 e. The summed E-state index contributed by atoms with van der Waals surface area (Å²) in [6, 6.07) is 7.23. The van der Waals surface area contributed by atoms with Crippen molar-refractivity contribution in [3.63, 3.8) is 0 Å². The number of ether oxygens (including phenoxy) is 1. The number of aliphatic hydroxyl groups is 3. The molecule has 0 bridgehead atoms. The number of fused-ring (bicyclic) bond motifs is 3. The van der Waals surface area contributed by atoms with Gasteiger partial charge in [0, 0.05) is 17.5 Å². The summed E-state index contributed by atoms with van der Waals surface area (Å²) in [5.41, 5.74) is 1.92. The second-order valence-electron chi connectivity index (χ2n) is 14.7. The third-order valence-electron chi connectivity index (χ3n) is 11.0. The number of carbonyl (C=O) groups excluding carboxylic acids is 4. The van der Waals surface area contributed by atoms with Gasteiger partial charge in [0.05, 0.1) is 17.6 Å². The zero-order valence-corrected chi connectivity index (χ0v) is 27.4. The predicted octanol–water partition coefficient (Wildman–Crippen LogP) is 2.69. The van der Waals surface area contributed by atoms with Gasteiger partial charge in [-0.2, -0.15) is 0 Å². The van der Waals surface area contributed by atoms with Crippen LogP contribution in [0.5, 0.6) is 17.2 Å². The Morgan fingerprint density at radius 3 is 2.23 bits per heavy atom. The molecule has 0 heterocycles. The molecule has 0 spiro atoms. The molecule has 0 radical (unpaired) electrons. The van der Waals surface area contributed by atoms with Crippen LogP contribution < -0.4 is 15.8 Å². The zero-order chi connectivity index (χ0) is 35.0. The number of benzene rings is 2. The summed E-state index contributed by atoms with van der Waals surface area (Å²) in [6.45, 7) is 10.6. The Morgan fingerprint density at radius 2 is 1.68 bits per heavy atom. The van der Waals surface area contributed by atoms with E-state index in [0.29, 0.717) is 5.56 Å². The van der Waals surface area contributed by atoms with Crippen LogP contribution >= 0.6 is 0 Å². The fourth-order valence-electron chi connectivity index (χ4n) is 9.16. The minimum Gasteiger partial charge on any atom is -0.508 e. The number of aliphatic hydroxyl groups excluding tert-OH is 2. The molecule has 2 unspecified atom stereocenters. The lowest BCUT2D eigenvalue weighted by Gasteiger charge is -2.66. The van der Waals surface area contributed by atoms with Gasteiger partial charge in [-0.15, -0.1) is 0 Å². The maximum Gasteiger partial charge on any atom is 0.412 e. The molecular weight excluding hydrogens is 608 g/mol. The highest BCUT2D eigenvalue weighted by Gasteiger charge is 2.76. The highest BCUT2D eigenvalue weighted by Crippen LogP contribution is 2.66. The van der Waals surface area contributed by atoms with E-state index in [0.717, 1.165) is 5.56 Å². The van der Waals surface area contributed by atoms with Crippen LogP contribution in [0.1, 0.15) is 80.9 Å². The Hall–Kier alpha value is -4.00. The van der Waals surface area contributed by atoms with Crippen LogP contribution in [0.2, 0.25) is 0 Å². The molecule has 2 amide bonds. The van der Waals surface area contributed by atoms with Crippen molar-refractivity contribution in [3.05, 3.63) is 52.6 Å². The van der Waals surface area contributed by atoms with Gasteiger partial charge in [0.15, 0.2) is 17.2 Å². The van der Waals surface area contributed by atoms with Crippen LogP contribution in [0.15, 0.2) is 30.3 Å². The number of nitrogens with one attached hydrogen (secondary N) is 1. The molecule has 3 aliphatic carbocycles. The molecule has 0 saturated heterocycles. The number of hydrogen-bond acceptors (Lipinski definition) is 10. The number of phenols is 2. The molecule has 2 fully saturated rings. The number of nitrogens with two attached hydrogens (primary N) is 1. The van der Waals surface area contributed by atoms with E-state index in [4.69, 9.17) is 10.5 Å². The van der Waals surface area contributed by atoms with Crippen molar-refractivity contribution in [2.75, 3.05) is 0 Å². The quantitative estimate of drug-likeness (QED) is 0.226. The standard InChI is InChI=1S/C35H44N2O10/c1-15(2)20-11-17(13-37-32(45)47-19-9-7-18(38)8-10-19)26(39)22-21(20)12-33(5)14-34(6)24(16(3)4)28(41)23(31(36)44)29(42)35(34,46)30(43)25(33)27(22)40/h7-11,15-16,23-25,28,30,38-39,41,43,46H,12-14H2,1-6H3,(H2,36,44)(H,37,45)/t23-,24+,25-,28?,30?,33-,34-,35+/m1/s1. The van der Waals surface area contributed by atoms with Crippen molar-refractivity contribution in [1.82, 2.24) is 5.32 Å². The Balaban J connectivity index is 1.57. The van der Waals surface area contributed by atoms with Gasteiger partial charge in [-0.05, 0) is 77.5 Å². The van der Waals surface area contributed by atoms with Crippen LogP contribution in [0.4, 0.5) is 4.79 Å². The maximum atomic E-state index is 14.5. The van der Waals surface area contributed by atoms with E-state index in [2.05, 4.69) is 5.32 Å². The second kappa shape index (κ2) is 11.6. The highest BCUT2D eigenvalue weighted by atomic mass is 16.6. The Bertz CT molecular complexity index is 1640. The number of Topliss-reactive ketones (excluding diaryl/α,β-unsaturated/α-hetero) is 2. The van der Waals surface area contributed by atoms with Gasteiger partial charge in [0.2, 0.25) is 5.91 Å². The topological polar surface area (TPSA) is 217 Å². The Kier molecular flexibility index (Phi) is 8.48. The summed E-state index contributed by atoms with van der Waals surface area (Å²) in [5.74, 6) is -7.63. The second-order valence-corrected chi connectivity index (χ2v) is 14.7. The minimum absolute atomic E-state index is 0.00331. The van der Waals surface area contributed by atoms with Gasteiger partial charge in [0.1, 0.15) is 29.3 Å². The van der Waals surface area contributed by atoms with Crippen LogP contribution in [-0.2, 0) is 22.6 Å². The first-order chi connectivity index (χ1) is 21.8. The fourth-order valence-corrected chi connectivity index (χ4v) is 9.16. The number of phenolic OH excluding ortho intramolecular Hbond substituents is 2. The molecule has 0 aromatic heterocycles.